The Balaban J connectivity index is 1.32. The largest absolute Gasteiger partial charge is 0.494 e. The van der Waals surface area contributed by atoms with Crippen molar-refractivity contribution in [2.75, 3.05) is 20.3 Å². The van der Waals surface area contributed by atoms with E-state index in [-0.39, 0.29) is 30.7 Å². The van der Waals surface area contributed by atoms with Crippen LogP contribution in [0, 0.1) is 5.82 Å². The van der Waals surface area contributed by atoms with Crippen LogP contribution in [0.2, 0.25) is 0 Å². The number of hydrogen-bond acceptors (Lipinski definition) is 6. The number of amides is 2. The standard InChI is InChI=1S/C25H20FNO6/c1-32-21-11-10-16(13-19(21)26)20(28)14-33-22(29)9-4-12-27-24(30)17-7-2-5-15-6-3-8-18(23(15)17)25(27)31/h2-3,5-8,10-11,13H,4,9,12,14H2,1H3. The molecule has 0 spiro atoms. The first-order valence-corrected chi connectivity index (χ1v) is 10.3. The average molecular weight is 449 g/mol. The molecule has 0 radical (unpaired) electrons. The van der Waals surface area contributed by atoms with Gasteiger partial charge < -0.3 is 9.47 Å². The highest BCUT2D eigenvalue weighted by Crippen LogP contribution is 2.30. The molecule has 0 atom stereocenters. The van der Waals surface area contributed by atoms with Gasteiger partial charge in [-0.25, -0.2) is 4.39 Å². The molecule has 0 aliphatic carbocycles. The third-order valence-corrected chi connectivity index (χ3v) is 5.46. The molecule has 0 bridgehead atoms. The summed E-state index contributed by atoms with van der Waals surface area (Å²) >= 11 is 0. The van der Waals surface area contributed by atoms with Gasteiger partial charge in [0, 0.05) is 35.0 Å². The number of Topliss-reactive ketones (excluding diaryl/α,β-unsaturated/α-hetero) is 1. The molecule has 4 rings (SSSR count). The molecule has 3 aromatic carbocycles. The summed E-state index contributed by atoms with van der Waals surface area (Å²) in [6.45, 7) is -0.503. The molecule has 0 aromatic heterocycles. The summed E-state index contributed by atoms with van der Waals surface area (Å²) < 4.78 is 23.5. The first kappa shape index (κ1) is 22.1. The predicted octanol–water partition coefficient (Wildman–Crippen LogP) is 3.79. The van der Waals surface area contributed by atoms with Crippen molar-refractivity contribution in [2.24, 2.45) is 0 Å². The Bertz CT molecular complexity index is 1230. The maximum atomic E-state index is 13.7. The van der Waals surface area contributed by atoms with Crippen molar-refractivity contribution in [1.82, 2.24) is 4.90 Å². The highest BCUT2D eigenvalue weighted by Gasteiger charge is 2.32. The summed E-state index contributed by atoms with van der Waals surface area (Å²) in [5.41, 5.74) is 0.948. The Morgan fingerprint density at radius 2 is 1.64 bits per heavy atom. The highest BCUT2D eigenvalue weighted by atomic mass is 19.1. The minimum atomic E-state index is -0.692. The molecular formula is C25H20FNO6. The maximum absolute atomic E-state index is 13.7. The molecule has 3 aromatic rings. The van der Waals surface area contributed by atoms with Crippen LogP contribution in [0.25, 0.3) is 10.8 Å². The zero-order valence-electron chi connectivity index (χ0n) is 17.8. The maximum Gasteiger partial charge on any atom is 0.306 e. The summed E-state index contributed by atoms with van der Waals surface area (Å²) in [4.78, 5) is 51.0. The number of halogens is 1. The number of ether oxygens (including phenoxy) is 2. The van der Waals surface area contributed by atoms with Gasteiger partial charge in [-0.2, -0.15) is 0 Å². The van der Waals surface area contributed by atoms with Crippen LogP contribution in [0.4, 0.5) is 4.39 Å². The Kier molecular flexibility index (Phi) is 6.17. The van der Waals surface area contributed by atoms with Gasteiger partial charge >= 0.3 is 5.97 Å². The number of hydrogen-bond donors (Lipinski definition) is 0. The van der Waals surface area contributed by atoms with Gasteiger partial charge in [-0.15, -0.1) is 0 Å². The number of rotatable bonds is 8. The summed E-state index contributed by atoms with van der Waals surface area (Å²) in [7, 11) is 1.31. The molecule has 7 nitrogen and oxygen atoms in total. The van der Waals surface area contributed by atoms with Crippen molar-refractivity contribution in [3.63, 3.8) is 0 Å². The SMILES string of the molecule is COc1ccc(C(=O)COC(=O)CCCN2C(=O)c3cccc4cccc(c34)C2=O)cc1F. The van der Waals surface area contributed by atoms with Gasteiger partial charge in [0.05, 0.1) is 7.11 Å². The first-order chi connectivity index (χ1) is 15.9. The van der Waals surface area contributed by atoms with Gasteiger partial charge in [-0.05, 0) is 42.1 Å². The summed E-state index contributed by atoms with van der Waals surface area (Å²) in [6, 6.07) is 14.3. The minimum absolute atomic E-state index is 0.00390. The monoisotopic (exact) mass is 449 g/mol. The van der Waals surface area contributed by atoms with Crippen molar-refractivity contribution in [3.8, 4) is 5.75 Å². The fraction of sp³-hybridized carbons (Fsp3) is 0.200. The molecule has 1 aliphatic rings. The van der Waals surface area contributed by atoms with Gasteiger partial charge in [0.15, 0.2) is 24.0 Å². The van der Waals surface area contributed by atoms with Crippen molar-refractivity contribution in [1.29, 1.82) is 0 Å². The second-order valence-corrected chi connectivity index (χ2v) is 7.51. The van der Waals surface area contributed by atoms with E-state index in [1.165, 1.54) is 19.2 Å². The third-order valence-electron chi connectivity index (χ3n) is 5.46. The quantitative estimate of drug-likeness (QED) is 0.295. The summed E-state index contributed by atoms with van der Waals surface area (Å²) in [5.74, 6) is -2.72. The molecule has 0 saturated carbocycles. The third kappa shape index (κ3) is 4.32. The molecule has 0 fully saturated rings. The van der Waals surface area contributed by atoms with Gasteiger partial charge in [-0.3, -0.25) is 24.1 Å². The predicted molar refractivity (Wildman–Crippen MR) is 117 cm³/mol. The number of esters is 1. The summed E-state index contributed by atoms with van der Waals surface area (Å²) in [5, 5.41) is 1.45. The van der Waals surface area contributed by atoms with Crippen LogP contribution in [-0.2, 0) is 9.53 Å². The smallest absolute Gasteiger partial charge is 0.306 e. The van der Waals surface area contributed by atoms with Crippen LogP contribution >= 0.6 is 0 Å². The number of nitrogens with zero attached hydrogens (tertiary/aromatic N) is 1. The normalized spacial score (nSPS) is 12.7. The number of ketones is 1. The van der Waals surface area contributed by atoms with E-state index in [0.717, 1.165) is 16.4 Å². The Morgan fingerprint density at radius 1 is 0.970 bits per heavy atom. The molecule has 1 aliphatic heterocycles. The van der Waals surface area contributed by atoms with E-state index in [4.69, 9.17) is 9.47 Å². The second kappa shape index (κ2) is 9.20. The van der Waals surface area contributed by atoms with Gasteiger partial charge in [0.25, 0.3) is 11.8 Å². The van der Waals surface area contributed by atoms with Gasteiger partial charge in [0.1, 0.15) is 0 Å². The molecule has 33 heavy (non-hydrogen) atoms. The van der Waals surface area contributed by atoms with E-state index < -0.39 is 36.0 Å². The Morgan fingerprint density at radius 3 is 2.24 bits per heavy atom. The van der Waals surface area contributed by atoms with Crippen LogP contribution in [0.1, 0.15) is 43.9 Å². The Hall–Kier alpha value is -4.07. The number of imide groups is 1. The zero-order valence-corrected chi connectivity index (χ0v) is 17.8. The van der Waals surface area contributed by atoms with E-state index in [1.54, 1.807) is 24.3 Å². The first-order valence-electron chi connectivity index (χ1n) is 10.3. The molecule has 0 N–H and O–H groups in total. The minimum Gasteiger partial charge on any atom is -0.494 e. The van der Waals surface area contributed by atoms with Crippen LogP contribution < -0.4 is 4.74 Å². The highest BCUT2D eigenvalue weighted by molar-refractivity contribution is 6.25. The average Bonchev–Trinajstić information content (AvgIpc) is 2.82. The molecule has 2 amide bonds. The van der Waals surface area contributed by atoms with Crippen LogP contribution in [-0.4, -0.2) is 48.7 Å². The lowest BCUT2D eigenvalue weighted by Gasteiger charge is -2.27. The van der Waals surface area contributed by atoms with Crippen LogP contribution in [0.5, 0.6) is 5.75 Å². The lowest BCUT2D eigenvalue weighted by Crippen LogP contribution is -2.41. The molecule has 0 unspecified atom stereocenters. The summed E-state index contributed by atoms with van der Waals surface area (Å²) in [6.07, 6.45) is 0.0902. The van der Waals surface area contributed by atoms with Crippen molar-refractivity contribution in [2.45, 2.75) is 12.8 Å². The number of carbonyl (C=O) groups is 4. The molecule has 1 heterocycles. The van der Waals surface area contributed by atoms with Gasteiger partial charge in [-0.1, -0.05) is 24.3 Å². The van der Waals surface area contributed by atoms with Gasteiger partial charge in [0.2, 0.25) is 0 Å². The lowest BCUT2D eigenvalue weighted by atomic mass is 9.94. The van der Waals surface area contributed by atoms with Crippen molar-refractivity contribution in [3.05, 3.63) is 77.1 Å². The fourth-order valence-electron chi connectivity index (χ4n) is 3.81. The number of methoxy groups -OCH3 is 1. The van der Waals surface area contributed by atoms with Crippen molar-refractivity contribution < 1.29 is 33.0 Å². The van der Waals surface area contributed by atoms with E-state index >= 15 is 0 Å². The molecule has 0 saturated heterocycles. The molecule has 168 valence electrons. The fourth-order valence-corrected chi connectivity index (χ4v) is 3.81. The van der Waals surface area contributed by atoms with E-state index in [1.807, 2.05) is 12.1 Å². The Labute approximate surface area is 188 Å². The van der Waals surface area contributed by atoms with Crippen LogP contribution in [0.15, 0.2) is 54.6 Å². The number of benzene rings is 3. The topological polar surface area (TPSA) is 90.0 Å². The molecule has 8 heteroatoms. The molecular weight excluding hydrogens is 429 g/mol. The van der Waals surface area contributed by atoms with E-state index in [0.29, 0.717) is 16.5 Å². The second-order valence-electron chi connectivity index (χ2n) is 7.51. The zero-order chi connectivity index (χ0) is 23.5. The number of carbonyl (C=O) groups excluding carboxylic acids is 4. The van der Waals surface area contributed by atoms with E-state index in [9.17, 15) is 23.6 Å². The van der Waals surface area contributed by atoms with E-state index in [2.05, 4.69) is 0 Å². The lowest BCUT2D eigenvalue weighted by molar-refractivity contribution is -0.142. The van der Waals surface area contributed by atoms with Crippen molar-refractivity contribution >= 4 is 34.3 Å². The van der Waals surface area contributed by atoms with Crippen LogP contribution in [0.3, 0.4) is 0 Å².